The second-order valence-electron chi connectivity index (χ2n) is 4.11. The topological polar surface area (TPSA) is 83.9 Å². The molecule has 1 N–H and O–H groups in total. The Morgan fingerprint density at radius 1 is 1.40 bits per heavy atom. The third-order valence-electron chi connectivity index (χ3n) is 2.84. The molecule has 0 aliphatic carbocycles. The summed E-state index contributed by atoms with van der Waals surface area (Å²) < 4.78 is 31.0. The molecule has 6 nitrogen and oxygen atoms in total. The predicted molar refractivity (Wildman–Crippen MR) is 72.6 cm³/mol. The first-order chi connectivity index (χ1) is 9.34. The van der Waals surface area contributed by atoms with Crippen LogP contribution in [0.25, 0.3) is 0 Å². The van der Waals surface area contributed by atoms with Gasteiger partial charge in [0, 0.05) is 6.54 Å². The molecule has 1 saturated heterocycles. The van der Waals surface area contributed by atoms with Crippen LogP contribution in [0.15, 0.2) is 23.1 Å². The Balaban J connectivity index is 2.35. The van der Waals surface area contributed by atoms with E-state index in [-0.39, 0.29) is 34.6 Å². The van der Waals surface area contributed by atoms with E-state index >= 15 is 0 Å². The van der Waals surface area contributed by atoms with Gasteiger partial charge in [-0.05, 0) is 12.1 Å². The number of carbonyl (C=O) groups is 1. The van der Waals surface area contributed by atoms with Crippen molar-refractivity contribution in [3.8, 4) is 0 Å². The molecule has 0 spiro atoms. The van der Waals surface area contributed by atoms with Gasteiger partial charge >= 0.3 is 5.97 Å². The zero-order valence-electron chi connectivity index (χ0n) is 10.1. The van der Waals surface area contributed by atoms with E-state index in [9.17, 15) is 13.2 Å². The molecule has 1 aliphatic heterocycles. The lowest BCUT2D eigenvalue weighted by Crippen LogP contribution is -2.48. The van der Waals surface area contributed by atoms with Crippen LogP contribution in [0.3, 0.4) is 0 Å². The van der Waals surface area contributed by atoms with Gasteiger partial charge in [0.15, 0.2) is 6.10 Å². The van der Waals surface area contributed by atoms with E-state index in [1.54, 1.807) is 0 Å². The van der Waals surface area contributed by atoms with Crippen LogP contribution in [0.5, 0.6) is 0 Å². The van der Waals surface area contributed by atoms with E-state index < -0.39 is 22.1 Å². The highest BCUT2D eigenvalue weighted by molar-refractivity contribution is 7.89. The minimum Gasteiger partial charge on any atom is -0.479 e. The summed E-state index contributed by atoms with van der Waals surface area (Å²) >= 11 is 11.7. The average Bonchev–Trinajstić information content (AvgIpc) is 2.41. The number of hydrogen-bond acceptors (Lipinski definition) is 4. The van der Waals surface area contributed by atoms with E-state index in [0.717, 1.165) is 4.31 Å². The number of carboxylic acid groups (broad SMARTS) is 1. The van der Waals surface area contributed by atoms with Crippen molar-refractivity contribution < 1.29 is 23.1 Å². The molecule has 1 unspecified atom stereocenters. The Kier molecular flexibility index (Phi) is 4.55. The van der Waals surface area contributed by atoms with Crippen molar-refractivity contribution in [3.63, 3.8) is 0 Å². The van der Waals surface area contributed by atoms with Gasteiger partial charge in [-0.25, -0.2) is 13.2 Å². The quantitative estimate of drug-likeness (QED) is 0.901. The van der Waals surface area contributed by atoms with Crippen LogP contribution in [0.4, 0.5) is 0 Å². The largest absolute Gasteiger partial charge is 0.479 e. The smallest absolute Gasteiger partial charge is 0.334 e. The van der Waals surface area contributed by atoms with Crippen molar-refractivity contribution in [3.05, 3.63) is 28.2 Å². The van der Waals surface area contributed by atoms with E-state index in [1.165, 1.54) is 18.2 Å². The van der Waals surface area contributed by atoms with Crippen molar-refractivity contribution in [1.29, 1.82) is 0 Å². The van der Waals surface area contributed by atoms with Gasteiger partial charge in [-0.2, -0.15) is 4.31 Å². The number of hydrogen-bond donors (Lipinski definition) is 1. The number of halogens is 2. The molecule has 2 rings (SSSR count). The first-order valence-corrected chi connectivity index (χ1v) is 7.82. The summed E-state index contributed by atoms with van der Waals surface area (Å²) in [7, 11) is -3.91. The van der Waals surface area contributed by atoms with Gasteiger partial charge < -0.3 is 9.84 Å². The fourth-order valence-corrected chi connectivity index (χ4v) is 3.98. The van der Waals surface area contributed by atoms with Crippen LogP contribution in [-0.2, 0) is 19.6 Å². The summed E-state index contributed by atoms with van der Waals surface area (Å²) in [4.78, 5) is 10.7. The number of carboxylic acids is 1. The monoisotopic (exact) mass is 339 g/mol. The van der Waals surface area contributed by atoms with Gasteiger partial charge in [0.2, 0.25) is 10.0 Å². The molecule has 1 aromatic carbocycles. The molecule has 0 amide bonds. The third-order valence-corrected chi connectivity index (χ3v) is 5.68. The fraction of sp³-hybridized carbons (Fsp3) is 0.364. The van der Waals surface area contributed by atoms with Gasteiger partial charge in [-0.3, -0.25) is 0 Å². The number of nitrogens with zero attached hydrogens (tertiary/aromatic N) is 1. The highest BCUT2D eigenvalue weighted by atomic mass is 35.5. The summed E-state index contributed by atoms with van der Waals surface area (Å²) in [5.41, 5.74) is 0. The molecule has 1 aromatic rings. The van der Waals surface area contributed by atoms with Crippen molar-refractivity contribution in [1.82, 2.24) is 4.31 Å². The second-order valence-corrected chi connectivity index (χ2v) is 6.80. The lowest BCUT2D eigenvalue weighted by Gasteiger charge is -2.30. The fourth-order valence-electron chi connectivity index (χ4n) is 1.82. The molecule has 0 radical (unpaired) electrons. The first-order valence-electron chi connectivity index (χ1n) is 5.62. The Bertz CT molecular complexity index is 634. The second kappa shape index (κ2) is 5.87. The van der Waals surface area contributed by atoms with Crippen LogP contribution in [0.2, 0.25) is 10.0 Å². The number of ether oxygens (including phenoxy) is 1. The molecule has 1 atom stereocenters. The van der Waals surface area contributed by atoms with Gasteiger partial charge in [-0.15, -0.1) is 0 Å². The lowest BCUT2D eigenvalue weighted by molar-refractivity contribution is -0.153. The normalized spacial score (nSPS) is 20.8. The van der Waals surface area contributed by atoms with Crippen molar-refractivity contribution in [2.45, 2.75) is 11.0 Å². The van der Waals surface area contributed by atoms with Gasteiger partial charge in [-0.1, -0.05) is 29.3 Å². The Hall–Kier alpha value is -0.860. The summed E-state index contributed by atoms with van der Waals surface area (Å²) in [5.74, 6) is -1.21. The summed E-state index contributed by atoms with van der Waals surface area (Å²) in [6, 6.07) is 4.27. The third kappa shape index (κ3) is 2.91. The maximum absolute atomic E-state index is 12.5. The maximum Gasteiger partial charge on any atom is 0.334 e. The van der Waals surface area contributed by atoms with Crippen LogP contribution in [0.1, 0.15) is 0 Å². The zero-order chi connectivity index (χ0) is 14.9. The van der Waals surface area contributed by atoms with E-state index in [1.807, 2.05) is 0 Å². The standard InChI is InChI=1S/C11H11Cl2NO5S/c12-7-2-1-3-9(10(7)13)20(17,18)14-4-5-19-8(6-14)11(15)16/h1-3,8H,4-6H2,(H,15,16). The average molecular weight is 340 g/mol. The molecule has 0 saturated carbocycles. The Labute approximate surface area is 125 Å². The Morgan fingerprint density at radius 3 is 2.75 bits per heavy atom. The molecule has 1 heterocycles. The summed E-state index contributed by atoms with van der Waals surface area (Å²) in [5, 5.41) is 8.94. The minimum absolute atomic E-state index is 0.00831. The SMILES string of the molecule is O=C(O)C1CN(S(=O)(=O)c2cccc(Cl)c2Cl)CCO1. The number of sulfonamides is 1. The van der Waals surface area contributed by atoms with Crippen LogP contribution < -0.4 is 0 Å². The molecule has 110 valence electrons. The molecular formula is C11H11Cl2NO5S. The first kappa shape index (κ1) is 15.5. The van der Waals surface area contributed by atoms with Crippen LogP contribution >= 0.6 is 23.2 Å². The molecule has 0 aromatic heterocycles. The zero-order valence-corrected chi connectivity index (χ0v) is 12.5. The maximum atomic E-state index is 12.5. The van der Waals surface area contributed by atoms with Crippen molar-refractivity contribution >= 4 is 39.2 Å². The molecule has 20 heavy (non-hydrogen) atoms. The van der Waals surface area contributed by atoms with Crippen molar-refractivity contribution in [2.24, 2.45) is 0 Å². The number of morpholine rings is 1. The van der Waals surface area contributed by atoms with Gasteiger partial charge in [0.05, 0.1) is 23.2 Å². The Morgan fingerprint density at radius 2 is 2.10 bits per heavy atom. The number of aliphatic carboxylic acids is 1. The molecule has 0 bridgehead atoms. The number of benzene rings is 1. The van der Waals surface area contributed by atoms with Crippen molar-refractivity contribution in [2.75, 3.05) is 19.7 Å². The molecule has 9 heteroatoms. The van der Waals surface area contributed by atoms with Crippen LogP contribution in [-0.4, -0.2) is 49.6 Å². The van der Waals surface area contributed by atoms with Gasteiger partial charge in [0.25, 0.3) is 0 Å². The van der Waals surface area contributed by atoms with Crippen LogP contribution in [0, 0.1) is 0 Å². The molecule has 1 fully saturated rings. The predicted octanol–water partition coefficient (Wildman–Crippen LogP) is 1.47. The highest BCUT2D eigenvalue weighted by Crippen LogP contribution is 2.31. The molecular weight excluding hydrogens is 329 g/mol. The van der Waals surface area contributed by atoms with Gasteiger partial charge in [0.1, 0.15) is 4.90 Å². The summed E-state index contributed by atoms with van der Waals surface area (Å²) in [6.07, 6.45) is -1.18. The lowest BCUT2D eigenvalue weighted by atomic mass is 10.3. The highest BCUT2D eigenvalue weighted by Gasteiger charge is 2.35. The summed E-state index contributed by atoms with van der Waals surface area (Å²) in [6.45, 7) is -0.191. The minimum atomic E-state index is -3.91. The van der Waals surface area contributed by atoms with E-state index in [2.05, 4.69) is 0 Å². The van der Waals surface area contributed by atoms with E-state index in [4.69, 9.17) is 33.0 Å². The molecule has 1 aliphatic rings. The van der Waals surface area contributed by atoms with E-state index in [0.29, 0.717) is 0 Å². The number of rotatable bonds is 3.